The Labute approximate surface area is 183 Å². The number of pyridine rings is 1. The summed E-state index contributed by atoms with van der Waals surface area (Å²) in [5, 5.41) is 4.69. The molecule has 4 rings (SSSR count). The van der Waals surface area contributed by atoms with Gasteiger partial charge in [0.25, 0.3) is 10.0 Å². The van der Waals surface area contributed by atoms with Crippen molar-refractivity contribution in [3.8, 4) is 5.69 Å². The Hall–Kier alpha value is -3.79. The van der Waals surface area contributed by atoms with Crippen LogP contribution in [0.1, 0.15) is 17.3 Å². The summed E-state index contributed by atoms with van der Waals surface area (Å²) in [5.74, 6) is -1.28. The zero-order chi connectivity index (χ0) is 22.9. The zero-order valence-corrected chi connectivity index (χ0v) is 18.1. The Morgan fingerprint density at radius 2 is 1.78 bits per heavy atom. The lowest BCUT2D eigenvalue weighted by Crippen LogP contribution is -2.29. The van der Waals surface area contributed by atoms with Gasteiger partial charge in [0.05, 0.1) is 34.5 Å². The van der Waals surface area contributed by atoms with Gasteiger partial charge in [-0.05, 0) is 43.3 Å². The van der Waals surface area contributed by atoms with Gasteiger partial charge in [0.2, 0.25) is 0 Å². The number of benzene rings is 2. The van der Waals surface area contributed by atoms with Gasteiger partial charge in [0.15, 0.2) is 5.65 Å². The van der Waals surface area contributed by atoms with Crippen molar-refractivity contribution in [2.24, 2.45) is 0 Å². The predicted octanol–water partition coefficient (Wildman–Crippen LogP) is 3.56. The summed E-state index contributed by atoms with van der Waals surface area (Å²) in [7, 11) is -2.82. The molecule has 164 valence electrons. The molecule has 0 unspecified atom stereocenters. The van der Waals surface area contributed by atoms with Crippen molar-refractivity contribution >= 4 is 32.7 Å². The second-order valence-corrected chi connectivity index (χ2v) is 8.77. The van der Waals surface area contributed by atoms with Gasteiger partial charge in [-0.15, -0.1) is 0 Å². The van der Waals surface area contributed by atoms with Crippen LogP contribution in [0.3, 0.4) is 0 Å². The summed E-state index contributed by atoms with van der Waals surface area (Å²) in [6.07, 6.45) is 2.72. The van der Waals surface area contributed by atoms with Crippen LogP contribution in [-0.2, 0) is 14.8 Å². The molecular weight excluding hydrogens is 435 g/mol. The second kappa shape index (κ2) is 8.39. The van der Waals surface area contributed by atoms with Gasteiger partial charge < -0.3 is 4.74 Å². The van der Waals surface area contributed by atoms with Crippen molar-refractivity contribution in [3.05, 3.63) is 78.4 Å². The highest BCUT2D eigenvalue weighted by Gasteiger charge is 2.29. The normalized spacial score (nSPS) is 11.5. The standard InChI is InChI=1S/C22H19FN4O4S/c1-3-31-22(28)19-13-24-21-18(14-25-27(21)16-7-5-4-6-8-16)20(19)26(2)32(29,30)17-11-9-15(23)10-12-17/h4-14H,3H2,1-2H3. The zero-order valence-electron chi connectivity index (χ0n) is 17.3. The Kier molecular flexibility index (Phi) is 5.62. The first kappa shape index (κ1) is 21.4. The van der Waals surface area contributed by atoms with E-state index < -0.39 is 21.8 Å². The number of fused-ring (bicyclic) bond motifs is 1. The van der Waals surface area contributed by atoms with Crippen LogP contribution >= 0.6 is 0 Å². The molecule has 0 aliphatic carbocycles. The van der Waals surface area contributed by atoms with Crippen molar-refractivity contribution in [1.82, 2.24) is 14.8 Å². The number of esters is 1. The topological polar surface area (TPSA) is 94.4 Å². The van der Waals surface area contributed by atoms with E-state index in [-0.39, 0.29) is 22.8 Å². The molecule has 0 N–H and O–H groups in total. The van der Waals surface area contributed by atoms with E-state index in [0.717, 1.165) is 28.6 Å². The molecule has 2 aromatic heterocycles. The first-order valence-electron chi connectivity index (χ1n) is 9.68. The summed E-state index contributed by atoms with van der Waals surface area (Å²) in [4.78, 5) is 16.9. The Bertz CT molecular complexity index is 1390. The maximum absolute atomic E-state index is 13.3. The molecule has 0 radical (unpaired) electrons. The summed E-state index contributed by atoms with van der Waals surface area (Å²) in [6.45, 7) is 1.75. The molecule has 0 fully saturated rings. The Balaban J connectivity index is 1.94. The summed E-state index contributed by atoms with van der Waals surface area (Å²) >= 11 is 0. The van der Waals surface area contributed by atoms with Gasteiger partial charge in [-0.3, -0.25) is 4.31 Å². The third-order valence-electron chi connectivity index (χ3n) is 4.85. The molecule has 0 aliphatic heterocycles. The van der Waals surface area contributed by atoms with E-state index in [4.69, 9.17) is 4.74 Å². The van der Waals surface area contributed by atoms with Gasteiger partial charge in [-0.25, -0.2) is 27.3 Å². The summed E-state index contributed by atoms with van der Waals surface area (Å²) in [5.41, 5.74) is 1.12. The number of para-hydroxylation sites is 1. The first-order chi connectivity index (χ1) is 15.3. The number of anilines is 1. The molecule has 0 spiro atoms. The third-order valence-corrected chi connectivity index (χ3v) is 6.62. The Morgan fingerprint density at radius 1 is 1.09 bits per heavy atom. The molecule has 4 aromatic rings. The third kappa shape index (κ3) is 3.69. The van der Waals surface area contributed by atoms with Gasteiger partial charge in [-0.1, -0.05) is 18.2 Å². The highest BCUT2D eigenvalue weighted by molar-refractivity contribution is 7.92. The molecule has 2 heterocycles. The van der Waals surface area contributed by atoms with Crippen molar-refractivity contribution in [2.45, 2.75) is 11.8 Å². The number of nitrogens with zero attached hydrogens (tertiary/aromatic N) is 4. The van der Waals surface area contributed by atoms with Crippen LogP contribution in [0.2, 0.25) is 0 Å². The molecular formula is C22H19FN4O4S. The van der Waals surface area contributed by atoms with E-state index in [0.29, 0.717) is 16.7 Å². The van der Waals surface area contributed by atoms with Crippen molar-refractivity contribution in [3.63, 3.8) is 0 Å². The van der Waals surface area contributed by atoms with E-state index in [2.05, 4.69) is 10.1 Å². The lowest BCUT2D eigenvalue weighted by Gasteiger charge is -2.22. The minimum atomic E-state index is -4.13. The molecule has 0 amide bonds. The van der Waals surface area contributed by atoms with Crippen LogP contribution in [-0.4, -0.2) is 42.8 Å². The van der Waals surface area contributed by atoms with E-state index in [1.54, 1.807) is 11.6 Å². The van der Waals surface area contributed by atoms with Crippen LogP contribution in [0.5, 0.6) is 0 Å². The van der Waals surface area contributed by atoms with Crippen LogP contribution in [0.4, 0.5) is 10.1 Å². The average molecular weight is 454 g/mol. The van der Waals surface area contributed by atoms with Crippen LogP contribution < -0.4 is 4.31 Å². The van der Waals surface area contributed by atoms with Gasteiger partial charge in [0, 0.05) is 13.2 Å². The molecule has 0 atom stereocenters. The highest BCUT2D eigenvalue weighted by atomic mass is 32.2. The number of sulfonamides is 1. The maximum atomic E-state index is 13.3. The van der Waals surface area contributed by atoms with Gasteiger partial charge in [0.1, 0.15) is 11.4 Å². The summed E-state index contributed by atoms with van der Waals surface area (Å²) < 4.78 is 47.6. The fraction of sp³-hybridized carbons (Fsp3) is 0.136. The highest BCUT2D eigenvalue weighted by Crippen LogP contribution is 2.34. The van der Waals surface area contributed by atoms with Gasteiger partial charge >= 0.3 is 5.97 Å². The molecule has 0 saturated heterocycles. The molecule has 0 saturated carbocycles. The van der Waals surface area contributed by atoms with Crippen molar-refractivity contribution in [2.75, 3.05) is 18.0 Å². The number of carbonyl (C=O) groups is 1. The lowest BCUT2D eigenvalue weighted by atomic mass is 10.2. The van der Waals surface area contributed by atoms with E-state index >= 15 is 0 Å². The van der Waals surface area contributed by atoms with Crippen LogP contribution in [0.15, 0.2) is 71.9 Å². The largest absolute Gasteiger partial charge is 0.462 e. The number of ether oxygens (including phenoxy) is 1. The molecule has 32 heavy (non-hydrogen) atoms. The number of hydrogen-bond acceptors (Lipinski definition) is 6. The second-order valence-electron chi connectivity index (χ2n) is 6.80. The number of hydrogen-bond donors (Lipinski definition) is 0. The minimum Gasteiger partial charge on any atom is -0.462 e. The fourth-order valence-electron chi connectivity index (χ4n) is 3.31. The number of aromatic nitrogens is 3. The molecule has 0 aliphatic rings. The Morgan fingerprint density at radius 3 is 2.44 bits per heavy atom. The quantitative estimate of drug-likeness (QED) is 0.414. The van der Waals surface area contributed by atoms with Crippen LogP contribution in [0.25, 0.3) is 16.7 Å². The van der Waals surface area contributed by atoms with E-state index in [1.807, 2.05) is 30.3 Å². The minimum absolute atomic E-state index is 0.0276. The lowest BCUT2D eigenvalue weighted by molar-refractivity contribution is 0.0527. The fourth-order valence-corrected chi connectivity index (χ4v) is 4.54. The van der Waals surface area contributed by atoms with Gasteiger partial charge in [-0.2, -0.15) is 5.10 Å². The summed E-state index contributed by atoms with van der Waals surface area (Å²) in [6, 6.07) is 13.6. The SMILES string of the molecule is CCOC(=O)c1cnc2c(cnn2-c2ccccc2)c1N(C)S(=O)(=O)c1ccc(F)cc1. The molecule has 2 aromatic carbocycles. The number of halogens is 1. The predicted molar refractivity (Wildman–Crippen MR) is 117 cm³/mol. The van der Waals surface area contributed by atoms with Crippen molar-refractivity contribution in [1.29, 1.82) is 0 Å². The first-order valence-corrected chi connectivity index (χ1v) is 11.1. The number of rotatable bonds is 6. The number of carbonyl (C=O) groups excluding carboxylic acids is 1. The monoisotopic (exact) mass is 454 g/mol. The van der Waals surface area contributed by atoms with Crippen LogP contribution in [0, 0.1) is 5.82 Å². The molecule has 0 bridgehead atoms. The molecule has 10 heteroatoms. The maximum Gasteiger partial charge on any atom is 0.341 e. The van der Waals surface area contributed by atoms with E-state index in [1.165, 1.54) is 19.4 Å². The molecule has 8 nitrogen and oxygen atoms in total. The van der Waals surface area contributed by atoms with E-state index in [9.17, 15) is 17.6 Å². The average Bonchev–Trinajstić information content (AvgIpc) is 3.23. The van der Waals surface area contributed by atoms with Crippen molar-refractivity contribution < 1.29 is 22.3 Å². The smallest absolute Gasteiger partial charge is 0.341 e.